The predicted octanol–water partition coefficient (Wildman–Crippen LogP) is 5.67. The lowest BCUT2D eigenvalue weighted by molar-refractivity contribution is -0.128. The van der Waals surface area contributed by atoms with E-state index in [9.17, 15) is 4.79 Å². The summed E-state index contributed by atoms with van der Waals surface area (Å²) >= 11 is 5.13. The number of para-hydroxylation sites is 1. The van der Waals surface area contributed by atoms with E-state index < -0.39 is 0 Å². The van der Waals surface area contributed by atoms with Gasteiger partial charge in [0.05, 0.1) is 29.9 Å². The van der Waals surface area contributed by atoms with Crippen molar-refractivity contribution in [2.24, 2.45) is 0 Å². The summed E-state index contributed by atoms with van der Waals surface area (Å²) in [4.78, 5) is 14.6. The van der Waals surface area contributed by atoms with E-state index in [0.29, 0.717) is 12.3 Å². The second kappa shape index (κ2) is 8.16. The maximum atomic E-state index is 12.7. The molecule has 5 rings (SSSR count). The molecule has 2 aromatic heterocycles. The van der Waals surface area contributed by atoms with Gasteiger partial charge in [-0.05, 0) is 36.4 Å². The number of halogens is 1. The number of aromatic nitrogens is 2. The van der Waals surface area contributed by atoms with E-state index in [4.69, 9.17) is 9.52 Å². The zero-order valence-electron chi connectivity index (χ0n) is 15.9. The zero-order valence-corrected chi connectivity index (χ0v) is 18.3. The van der Waals surface area contributed by atoms with Gasteiger partial charge in [0.1, 0.15) is 11.1 Å². The van der Waals surface area contributed by atoms with Crippen LogP contribution in [0.4, 0.5) is 0 Å². The van der Waals surface area contributed by atoms with Crippen LogP contribution in [0, 0.1) is 0 Å². The minimum atomic E-state index is -0.126. The maximum absolute atomic E-state index is 12.7. The molecule has 0 spiro atoms. The van der Waals surface area contributed by atoms with Gasteiger partial charge in [-0.25, -0.2) is 4.68 Å². The van der Waals surface area contributed by atoms with Crippen molar-refractivity contribution in [1.82, 2.24) is 14.7 Å². The lowest BCUT2D eigenvalue weighted by Crippen LogP contribution is -2.27. The molecule has 1 aliphatic heterocycles. The smallest absolute Gasteiger partial charge is 0.234 e. The Labute approximate surface area is 186 Å². The van der Waals surface area contributed by atoms with Gasteiger partial charge >= 0.3 is 0 Å². The van der Waals surface area contributed by atoms with E-state index in [0.717, 1.165) is 32.7 Å². The minimum absolute atomic E-state index is 0.107. The van der Waals surface area contributed by atoms with Crippen LogP contribution in [0.5, 0.6) is 0 Å². The fourth-order valence-corrected chi connectivity index (χ4v) is 5.02. The molecular formula is C23H18BrN3O2S. The Morgan fingerprint density at radius 3 is 2.60 bits per heavy atom. The first-order chi connectivity index (χ1) is 14.7. The number of amides is 1. The highest BCUT2D eigenvalue weighted by molar-refractivity contribution is 9.10. The van der Waals surface area contributed by atoms with Crippen molar-refractivity contribution < 1.29 is 9.21 Å². The normalized spacial score (nSPS) is 16.4. The van der Waals surface area contributed by atoms with Gasteiger partial charge in [0.2, 0.25) is 5.91 Å². The number of benzene rings is 2. The summed E-state index contributed by atoms with van der Waals surface area (Å²) in [5, 5.41) is 4.78. The van der Waals surface area contributed by atoms with Gasteiger partial charge in [0, 0.05) is 21.8 Å². The summed E-state index contributed by atoms with van der Waals surface area (Å²) in [6, 6.07) is 21.9. The van der Waals surface area contributed by atoms with Gasteiger partial charge in [-0.2, -0.15) is 5.10 Å². The van der Waals surface area contributed by atoms with Gasteiger partial charge in [-0.3, -0.25) is 4.79 Å². The fraction of sp³-hybridized carbons (Fsp3) is 0.130. The molecule has 5 nitrogen and oxygen atoms in total. The average Bonchev–Trinajstić information content (AvgIpc) is 3.51. The van der Waals surface area contributed by atoms with E-state index in [-0.39, 0.29) is 11.3 Å². The zero-order chi connectivity index (χ0) is 20.5. The minimum Gasteiger partial charge on any atom is -0.467 e. The Morgan fingerprint density at radius 2 is 1.87 bits per heavy atom. The first-order valence-electron chi connectivity index (χ1n) is 9.53. The third kappa shape index (κ3) is 3.70. The predicted molar refractivity (Wildman–Crippen MR) is 121 cm³/mol. The lowest BCUT2D eigenvalue weighted by atomic mass is 10.1. The summed E-state index contributed by atoms with van der Waals surface area (Å²) in [5.74, 6) is 1.33. The van der Waals surface area contributed by atoms with Crippen molar-refractivity contribution in [3.8, 4) is 16.9 Å². The van der Waals surface area contributed by atoms with Crippen molar-refractivity contribution >= 4 is 33.6 Å². The Morgan fingerprint density at radius 1 is 1.07 bits per heavy atom. The standard InChI is InChI=1S/C23H18BrN3O2S/c24-17-10-8-16(9-11-17)22-20(14-27(25-22)18-5-2-1-3-6-18)23-26(21(28)15-30-23)13-19-7-4-12-29-19/h1-12,14,23H,13,15H2/t23-/m0/s1. The number of hydrogen-bond donors (Lipinski definition) is 0. The van der Waals surface area contributed by atoms with Crippen molar-refractivity contribution in [2.45, 2.75) is 11.9 Å². The molecule has 0 unspecified atom stereocenters. The average molecular weight is 480 g/mol. The maximum Gasteiger partial charge on any atom is 0.234 e. The van der Waals surface area contributed by atoms with E-state index in [2.05, 4.69) is 15.9 Å². The van der Waals surface area contributed by atoms with Crippen LogP contribution in [-0.2, 0) is 11.3 Å². The summed E-state index contributed by atoms with van der Waals surface area (Å²) < 4.78 is 8.41. The van der Waals surface area contributed by atoms with Crippen LogP contribution in [0.25, 0.3) is 16.9 Å². The number of thioether (sulfide) groups is 1. The van der Waals surface area contributed by atoms with Crippen LogP contribution >= 0.6 is 27.7 Å². The van der Waals surface area contributed by atoms with Crippen LogP contribution in [0.15, 0.2) is 88.1 Å². The molecule has 1 saturated heterocycles. The number of hydrogen-bond acceptors (Lipinski definition) is 4. The summed E-state index contributed by atoms with van der Waals surface area (Å²) in [5.41, 5.74) is 3.89. The molecule has 0 saturated carbocycles. The van der Waals surface area contributed by atoms with Crippen molar-refractivity contribution in [3.63, 3.8) is 0 Å². The highest BCUT2D eigenvalue weighted by Gasteiger charge is 2.36. The molecule has 0 radical (unpaired) electrons. The second-order valence-electron chi connectivity index (χ2n) is 6.98. The molecule has 1 aliphatic rings. The van der Waals surface area contributed by atoms with Gasteiger partial charge < -0.3 is 9.32 Å². The molecule has 4 aromatic rings. The largest absolute Gasteiger partial charge is 0.467 e. The summed E-state index contributed by atoms with van der Waals surface area (Å²) in [6.07, 6.45) is 3.68. The Balaban J connectivity index is 1.59. The molecule has 150 valence electrons. The third-order valence-corrected chi connectivity index (χ3v) is 6.79. The molecule has 3 heterocycles. The molecule has 1 fully saturated rings. The molecule has 0 bridgehead atoms. The Bertz CT molecular complexity index is 1160. The third-order valence-electron chi connectivity index (χ3n) is 5.02. The van der Waals surface area contributed by atoms with E-state index in [1.165, 1.54) is 0 Å². The SMILES string of the molecule is O=C1CS[C@@H](c2cn(-c3ccccc3)nc2-c2ccc(Br)cc2)N1Cc1ccco1. The molecule has 30 heavy (non-hydrogen) atoms. The van der Waals surface area contributed by atoms with Crippen molar-refractivity contribution in [3.05, 3.63) is 95.0 Å². The summed E-state index contributed by atoms with van der Waals surface area (Å²) in [6.45, 7) is 0.444. The highest BCUT2D eigenvalue weighted by Crippen LogP contribution is 2.43. The quantitative estimate of drug-likeness (QED) is 0.370. The van der Waals surface area contributed by atoms with Crippen LogP contribution in [0.1, 0.15) is 16.7 Å². The van der Waals surface area contributed by atoms with Crippen LogP contribution in [-0.4, -0.2) is 26.3 Å². The first kappa shape index (κ1) is 19.2. The molecular weight excluding hydrogens is 462 g/mol. The number of carbonyl (C=O) groups is 1. The van der Waals surface area contributed by atoms with Gasteiger partial charge in [-0.1, -0.05) is 46.3 Å². The number of nitrogens with zero attached hydrogens (tertiary/aromatic N) is 3. The molecule has 1 amide bonds. The monoisotopic (exact) mass is 479 g/mol. The molecule has 1 atom stereocenters. The molecule has 0 N–H and O–H groups in total. The van der Waals surface area contributed by atoms with Crippen LogP contribution < -0.4 is 0 Å². The van der Waals surface area contributed by atoms with Crippen LogP contribution in [0.3, 0.4) is 0 Å². The number of furan rings is 1. The van der Waals surface area contributed by atoms with Crippen LogP contribution in [0.2, 0.25) is 0 Å². The highest BCUT2D eigenvalue weighted by atomic mass is 79.9. The molecule has 7 heteroatoms. The Kier molecular flexibility index (Phi) is 5.23. The second-order valence-corrected chi connectivity index (χ2v) is 8.97. The van der Waals surface area contributed by atoms with E-state index in [1.54, 1.807) is 18.0 Å². The molecule has 2 aromatic carbocycles. The lowest BCUT2D eigenvalue weighted by Gasteiger charge is -2.23. The first-order valence-corrected chi connectivity index (χ1v) is 11.4. The fourth-order valence-electron chi connectivity index (χ4n) is 3.57. The Hall–Kier alpha value is -2.77. The van der Waals surface area contributed by atoms with Gasteiger partial charge in [0.15, 0.2) is 0 Å². The number of carbonyl (C=O) groups excluding carboxylic acids is 1. The van der Waals surface area contributed by atoms with E-state index in [1.807, 2.05) is 82.5 Å². The van der Waals surface area contributed by atoms with Crippen molar-refractivity contribution in [1.29, 1.82) is 0 Å². The van der Waals surface area contributed by atoms with Crippen molar-refractivity contribution in [2.75, 3.05) is 5.75 Å². The van der Waals surface area contributed by atoms with Gasteiger partial charge in [-0.15, -0.1) is 11.8 Å². The number of rotatable bonds is 5. The molecule has 0 aliphatic carbocycles. The van der Waals surface area contributed by atoms with Gasteiger partial charge in [0.25, 0.3) is 0 Å². The summed E-state index contributed by atoms with van der Waals surface area (Å²) in [7, 11) is 0. The van der Waals surface area contributed by atoms with E-state index >= 15 is 0 Å². The topological polar surface area (TPSA) is 51.3 Å².